The van der Waals surface area contributed by atoms with Crippen LogP contribution in [0.3, 0.4) is 0 Å². The molecular weight excluding hydrogens is 116 g/mol. The maximum Gasteiger partial charge on any atom is 0.216 e. The first-order chi connectivity index (χ1) is 4.16. The first-order valence-corrected chi connectivity index (χ1v) is 2.78. The Kier molecular flexibility index (Phi) is 3.67. The van der Waals surface area contributed by atoms with Crippen molar-refractivity contribution in [3.63, 3.8) is 0 Å². The van der Waals surface area contributed by atoms with Crippen LogP contribution in [0.25, 0.3) is 0 Å². The third-order valence-electron chi connectivity index (χ3n) is 0.675. The van der Waals surface area contributed by atoms with Gasteiger partial charge in [0.05, 0.1) is 5.71 Å². The smallest absolute Gasteiger partial charge is 0.216 e. The highest BCUT2D eigenvalue weighted by atomic mass is 16.6. The predicted molar refractivity (Wildman–Crippen MR) is 38.9 cm³/mol. The molecule has 0 N–H and O–H groups in total. The van der Waals surface area contributed by atoms with E-state index in [1.165, 1.54) is 0 Å². The lowest BCUT2D eigenvalue weighted by Crippen LogP contribution is -1.94. The fourth-order valence-electron chi connectivity index (χ4n) is 0.198. The molecule has 0 aliphatic heterocycles. The highest BCUT2D eigenvalue weighted by molar-refractivity contribution is 5.80. The van der Waals surface area contributed by atoms with E-state index in [9.17, 15) is 0 Å². The molecule has 3 heteroatoms. The summed E-state index contributed by atoms with van der Waals surface area (Å²) >= 11 is 0. The molecule has 0 fully saturated rings. The van der Waals surface area contributed by atoms with E-state index in [4.69, 9.17) is 4.84 Å². The fourth-order valence-corrected chi connectivity index (χ4v) is 0.198. The Labute approximate surface area is 55.4 Å². The minimum atomic E-state index is 0.580. The van der Waals surface area contributed by atoms with Crippen molar-refractivity contribution in [2.24, 2.45) is 10.1 Å². The van der Waals surface area contributed by atoms with Crippen LogP contribution in [0.1, 0.15) is 20.8 Å². The van der Waals surface area contributed by atoms with Gasteiger partial charge >= 0.3 is 0 Å². The maximum absolute atomic E-state index is 4.79. The topological polar surface area (TPSA) is 34.0 Å². The standard InChI is InChI=1S/C6H12N2O/c1-5(2)8-9-6(3)7-4/h1-4H3/b7-6-. The lowest BCUT2D eigenvalue weighted by atomic mass is 10.5. The van der Waals surface area contributed by atoms with E-state index >= 15 is 0 Å². The number of aliphatic imine (C=N–C) groups is 1. The Morgan fingerprint density at radius 3 is 2.11 bits per heavy atom. The van der Waals surface area contributed by atoms with Gasteiger partial charge in [0.2, 0.25) is 5.90 Å². The van der Waals surface area contributed by atoms with Crippen LogP contribution in [-0.2, 0) is 4.84 Å². The molecule has 0 aliphatic rings. The fraction of sp³-hybridized carbons (Fsp3) is 0.667. The number of hydrogen-bond acceptors (Lipinski definition) is 3. The molecule has 0 aromatic carbocycles. The van der Waals surface area contributed by atoms with Gasteiger partial charge < -0.3 is 4.84 Å². The first-order valence-electron chi connectivity index (χ1n) is 2.78. The van der Waals surface area contributed by atoms with Crippen LogP contribution in [0.15, 0.2) is 10.1 Å². The second kappa shape index (κ2) is 4.06. The minimum absolute atomic E-state index is 0.580. The quantitative estimate of drug-likeness (QED) is 0.299. The Morgan fingerprint density at radius 1 is 1.22 bits per heavy atom. The van der Waals surface area contributed by atoms with E-state index in [0.717, 1.165) is 5.71 Å². The number of hydrogen-bond donors (Lipinski definition) is 0. The molecule has 0 aromatic heterocycles. The van der Waals surface area contributed by atoms with Gasteiger partial charge in [-0.05, 0) is 13.8 Å². The molecule has 0 heterocycles. The second-order valence-electron chi connectivity index (χ2n) is 1.87. The normalized spacial score (nSPS) is 10.9. The number of oxime groups is 1. The van der Waals surface area contributed by atoms with Crippen LogP contribution in [0.5, 0.6) is 0 Å². The molecule has 0 atom stereocenters. The molecule has 0 radical (unpaired) electrons. The Morgan fingerprint density at radius 2 is 1.78 bits per heavy atom. The monoisotopic (exact) mass is 128 g/mol. The van der Waals surface area contributed by atoms with Gasteiger partial charge in [-0.25, -0.2) is 0 Å². The first kappa shape index (κ1) is 8.14. The van der Waals surface area contributed by atoms with Crippen molar-refractivity contribution in [2.75, 3.05) is 7.05 Å². The summed E-state index contributed by atoms with van der Waals surface area (Å²) in [6.07, 6.45) is 0. The lowest BCUT2D eigenvalue weighted by Gasteiger charge is -1.93. The van der Waals surface area contributed by atoms with E-state index in [-0.39, 0.29) is 0 Å². The van der Waals surface area contributed by atoms with Crippen molar-refractivity contribution in [2.45, 2.75) is 20.8 Å². The molecular formula is C6H12N2O. The molecule has 0 bridgehead atoms. The lowest BCUT2D eigenvalue weighted by molar-refractivity contribution is 0.324. The molecule has 9 heavy (non-hydrogen) atoms. The van der Waals surface area contributed by atoms with Gasteiger partial charge in [-0.3, -0.25) is 4.99 Å². The van der Waals surface area contributed by atoms with Gasteiger partial charge in [0.25, 0.3) is 0 Å². The molecule has 52 valence electrons. The summed E-state index contributed by atoms with van der Waals surface area (Å²) in [5.41, 5.74) is 0.887. The number of nitrogens with zero attached hydrogens (tertiary/aromatic N) is 2. The summed E-state index contributed by atoms with van der Waals surface area (Å²) < 4.78 is 0. The Hall–Kier alpha value is -0.860. The molecule has 0 amide bonds. The maximum atomic E-state index is 4.79. The van der Waals surface area contributed by atoms with Crippen molar-refractivity contribution in [3.8, 4) is 0 Å². The molecule has 0 saturated heterocycles. The van der Waals surface area contributed by atoms with Gasteiger partial charge in [-0.15, -0.1) is 0 Å². The average molecular weight is 128 g/mol. The molecule has 0 aliphatic carbocycles. The Balaban J connectivity index is 3.64. The van der Waals surface area contributed by atoms with E-state index in [1.54, 1.807) is 14.0 Å². The summed E-state index contributed by atoms with van der Waals surface area (Å²) in [6.45, 7) is 5.48. The van der Waals surface area contributed by atoms with Crippen LogP contribution in [0.2, 0.25) is 0 Å². The van der Waals surface area contributed by atoms with Crippen LogP contribution in [0.4, 0.5) is 0 Å². The van der Waals surface area contributed by atoms with Gasteiger partial charge in [0.1, 0.15) is 0 Å². The van der Waals surface area contributed by atoms with Crippen LogP contribution >= 0.6 is 0 Å². The van der Waals surface area contributed by atoms with Crippen LogP contribution in [-0.4, -0.2) is 18.7 Å². The van der Waals surface area contributed by atoms with Crippen LogP contribution < -0.4 is 0 Å². The van der Waals surface area contributed by atoms with E-state index in [1.807, 2.05) is 13.8 Å². The predicted octanol–water partition coefficient (Wildman–Crippen LogP) is 1.45. The second-order valence-corrected chi connectivity index (χ2v) is 1.87. The molecule has 0 aromatic rings. The summed E-state index contributed by atoms with van der Waals surface area (Å²) in [7, 11) is 1.66. The number of rotatable bonds is 1. The van der Waals surface area contributed by atoms with Crippen molar-refractivity contribution < 1.29 is 4.84 Å². The molecule has 0 spiro atoms. The van der Waals surface area contributed by atoms with Gasteiger partial charge in [-0.1, -0.05) is 5.16 Å². The average Bonchev–Trinajstić information content (AvgIpc) is 1.83. The third-order valence-corrected chi connectivity index (χ3v) is 0.675. The molecule has 0 rings (SSSR count). The van der Waals surface area contributed by atoms with E-state index in [0.29, 0.717) is 5.90 Å². The zero-order valence-electron chi connectivity index (χ0n) is 6.30. The molecule has 0 saturated carbocycles. The Bertz CT molecular complexity index is 134. The van der Waals surface area contributed by atoms with Gasteiger partial charge in [0, 0.05) is 14.0 Å². The summed E-state index contributed by atoms with van der Waals surface area (Å²) in [6, 6.07) is 0. The SMILES string of the molecule is C/N=C(/C)ON=C(C)C. The van der Waals surface area contributed by atoms with Crippen molar-refractivity contribution in [1.82, 2.24) is 0 Å². The molecule has 3 nitrogen and oxygen atoms in total. The van der Waals surface area contributed by atoms with Crippen molar-refractivity contribution in [1.29, 1.82) is 0 Å². The zero-order valence-corrected chi connectivity index (χ0v) is 6.30. The third kappa shape index (κ3) is 5.00. The van der Waals surface area contributed by atoms with Crippen LogP contribution in [0, 0.1) is 0 Å². The summed E-state index contributed by atoms with van der Waals surface area (Å²) in [4.78, 5) is 8.54. The highest BCUT2D eigenvalue weighted by Gasteiger charge is 1.84. The van der Waals surface area contributed by atoms with E-state index in [2.05, 4.69) is 10.1 Å². The van der Waals surface area contributed by atoms with Gasteiger partial charge in [-0.2, -0.15) is 0 Å². The van der Waals surface area contributed by atoms with E-state index < -0.39 is 0 Å². The largest absolute Gasteiger partial charge is 0.342 e. The zero-order chi connectivity index (χ0) is 7.28. The summed E-state index contributed by atoms with van der Waals surface area (Å²) in [5.74, 6) is 0.580. The highest BCUT2D eigenvalue weighted by Crippen LogP contribution is 1.82. The van der Waals surface area contributed by atoms with Gasteiger partial charge in [0.15, 0.2) is 0 Å². The summed E-state index contributed by atoms with van der Waals surface area (Å²) in [5, 5.41) is 3.68. The molecule has 0 unspecified atom stereocenters. The van der Waals surface area contributed by atoms with Crippen molar-refractivity contribution in [3.05, 3.63) is 0 Å². The van der Waals surface area contributed by atoms with Crippen molar-refractivity contribution >= 4 is 11.6 Å². The minimum Gasteiger partial charge on any atom is -0.342 e.